The molecule has 1 unspecified atom stereocenters. The summed E-state index contributed by atoms with van der Waals surface area (Å²) in [5.74, 6) is 1.79. The van der Waals surface area contributed by atoms with E-state index >= 15 is 0 Å². The minimum Gasteiger partial charge on any atom is -0.466 e. The Balaban J connectivity index is 2.87. The van der Waals surface area contributed by atoms with Crippen LogP contribution in [0.2, 0.25) is 0 Å². The Morgan fingerprint density at radius 2 is 1.89 bits per heavy atom. The van der Waals surface area contributed by atoms with Gasteiger partial charge < -0.3 is 15.5 Å². The standard InChI is InChI=1S/C14H24N2O2/c1-8(2)12(6-7-15)16-14(17)13-9(3)10(4)18-11(13)5/h8,12H,6-7,15H2,1-5H3,(H,16,17). The van der Waals surface area contributed by atoms with Gasteiger partial charge >= 0.3 is 0 Å². The Morgan fingerprint density at radius 1 is 1.28 bits per heavy atom. The minimum absolute atomic E-state index is 0.0611. The van der Waals surface area contributed by atoms with Crippen molar-refractivity contribution in [1.82, 2.24) is 5.32 Å². The van der Waals surface area contributed by atoms with Crippen LogP contribution in [-0.2, 0) is 0 Å². The lowest BCUT2D eigenvalue weighted by molar-refractivity contribution is 0.0922. The van der Waals surface area contributed by atoms with Gasteiger partial charge in [-0.05, 0) is 39.7 Å². The predicted molar refractivity (Wildman–Crippen MR) is 72.7 cm³/mol. The fourth-order valence-electron chi connectivity index (χ4n) is 2.12. The van der Waals surface area contributed by atoms with Crippen molar-refractivity contribution < 1.29 is 9.21 Å². The molecule has 0 fully saturated rings. The second-order valence-electron chi connectivity index (χ2n) is 5.12. The maximum absolute atomic E-state index is 12.3. The van der Waals surface area contributed by atoms with Gasteiger partial charge in [0.25, 0.3) is 5.91 Å². The molecule has 0 bridgehead atoms. The Morgan fingerprint density at radius 3 is 2.28 bits per heavy atom. The molecule has 0 aliphatic carbocycles. The van der Waals surface area contributed by atoms with Gasteiger partial charge in [0, 0.05) is 11.6 Å². The Bertz CT molecular complexity index is 422. The number of rotatable bonds is 5. The summed E-state index contributed by atoms with van der Waals surface area (Å²) in [5, 5.41) is 3.05. The smallest absolute Gasteiger partial charge is 0.255 e. The van der Waals surface area contributed by atoms with E-state index in [0.29, 0.717) is 23.8 Å². The van der Waals surface area contributed by atoms with Crippen LogP contribution < -0.4 is 11.1 Å². The van der Waals surface area contributed by atoms with Gasteiger partial charge in [0.1, 0.15) is 11.5 Å². The molecule has 1 heterocycles. The van der Waals surface area contributed by atoms with Gasteiger partial charge in [0.15, 0.2) is 0 Å². The van der Waals surface area contributed by atoms with Crippen LogP contribution in [0.1, 0.15) is 47.7 Å². The normalized spacial score (nSPS) is 12.8. The van der Waals surface area contributed by atoms with E-state index in [4.69, 9.17) is 10.2 Å². The molecule has 4 nitrogen and oxygen atoms in total. The first-order valence-corrected chi connectivity index (χ1v) is 6.46. The SMILES string of the molecule is Cc1oc(C)c(C(=O)NC(CCN)C(C)C)c1C. The first-order valence-electron chi connectivity index (χ1n) is 6.46. The van der Waals surface area contributed by atoms with E-state index in [2.05, 4.69) is 19.2 Å². The van der Waals surface area contributed by atoms with Crippen LogP contribution in [0, 0.1) is 26.7 Å². The summed E-state index contributed by atoms with van der Waals surface area (Å²) >= 11 is 0. The number of nitrogens with one attached hydrogen (secondary N) is 1. The summed E-state index contributed by atoms with van der Waals surface area (Å²) in [7, 11) is 0. The molecule has 0 radical (unpaired) electrons. The number of hydrogen-bond donors (Lipinski definition) is 2. The molecule has 0 saturated carbocycles. The van der Waals surface area contributed by atoms with E-state index in [1.165, 1.54) is 0 Å². The highest BCUT2D eigenvalue weighted by Crippen LogP contribution is 2.21. The van der Waals surface area contributed by atoms with Gasteiger partial charge in [-0.25, -0.2) is 0 Å². The third-order valence-electron chi connectivity index (χ3n) is 3.39. The monoisotopic (exact) mass is 252 g/mol. The second-order valence-corrected chi connectivity index (χ2v) is 5.12. The summed E-state index contributed by atoms with van der Waals surface area (Å²) in [6.45, 7) is 10.3. The van der Waals surface area contributed by atoms with E-state index < -0.39 is 0 Å². The molecule has 4 heteroatoms. The summed E-state index contributed by atoms with van der Waals surface area (Å²) in [6, 6.07) is 0.108. The van der Waals surface area contributed by atoms with Crippen molar-refractivity contribution in [2.45, 2.75) is 47.1 Å². The molecular formula is C14H24N2O2. The molecule has 0 aliphatic rings. The molecule has 0 aromatic carbocycles. The van der Waals surface area contributed by atoms with E-state index in [1.54, 1.807) is 0 Å². The lowest BCUT2D eigenvalue weighted by Gasteiger charge is -2.21. The first-order chi connectivity index (χ1) is 8.38. The van der Waals surface area contributed by atoms with Crippen molar-refractivity contribution in [1.29, 1.82) is 0 Å². The molecular weight excluding hydrogens is 228 g/mol. The summed E-state index contributed by atoms with van der Waals surface area (Å²) < 4.78 is 5.48. The molecule has 1 aromatic heterocycles. The average molecular weight is 252 g/mol. The van der Waals surface area contributed by atoms with Crippen molar-refractivity contribution in [2.75, 3.05) is 6.54 Å². The van der Waals surface area contributed by atoms with E-state index in [-0.39, 0.29) is 11.9 Å². The zero-order chi connectivity index (χ0) is 13.9. The van der Waals surface area contributed by atoms with E-state index in [0.717, 1.165) is 17.7 Å². The van der Waals surface area contributed by atoms with Gasteiger partial charge in [0.05, 0.1) is 5.56 Å². The third kappa shape index (κ3) is 3.13. The molecule has 0 spiro atoms. The Hall–Kier alpha value is -1.29. The van der Waals surface area contributed by atoms with Crippen LogP contribution in [0.15, 0.2) is 4.42 Å². The fraction of sp³-hybridized carbons (Fsp3) is 0.643. The topological polar surface area (TPSA) is 68.3 Å². The van der Waals surface area contributed by atoms with Gasteiger partial charge in [-0.1, -0.05) is 13.8 Å². The highest BCUT2D eigenvalue weighted by Gasteiger charge is 2.22. The van der Waals surface area contributed by atoms with E-state index in [1.807, 2.05) is 20.8 Å². The Kier molecular flexibility index (Phi) is 4.96. The van der Waals surface area contributed by atoms with Crippen LogP contribution in [0.3, 0.4) is 0 Å². The highest BCUT2D eigenvalue weighted by molar-refractivity contribution is 5.97. The number of aryl methyl sites for hydroxylation is 2. The average Bonchev–Trinajstić information content (AvgIpc) is 2.52. The number of amides is 1. The number of carbonyl (C=O) groups is 1. The number of furan rings is 1. The number of hydrogen-bond acceptors (Lipinski definition) is 3. The molecule has 18 heavy (non-hydrogen) atoms. The number of carbonyl (C=O) groups excluding carboxylic acids is 1. The van der Waals surface area contributed by atoms with Crippen molar-refractivity contribution in [3.63, 3.8) is 0 Å². The third-order valence-corrected chi connectivity index (χ3v) is 3.39. The van der Waals surface area contributed by atoms with Crippen molar-refractivity contribution in [2.24, 2.45) is 11.7 Å². The van der Waals surface area contributed by atoms with Crippen molar-refractivity contribution in [3.8, 4) is 0 Å². The van der Waals surface area contributed by atoms with Crippen LogP contribution in [0.25, 0.3) is 0 Å². The second kappa shape index (κ2) is 6.05. The predicted octanol–water partition coefficient (Wildman–Crippen LogP) is 2.31. The maximum atomic E-state index is 12.3. The van der Waals surface area contributed by atoms with Gasteiger partial charge in [-0.15, -0.1) is 0 Å². The maximum Gasteiger partial charge on any atom is 0.255 e. The molecule has 1 amide bonds. The largest absolute Gasteiger partial charge is 0.466 e. The lowest BCUT2D eigenvalue weighted by atomic mass is 10.00. The summed E-state index contributed by atoms with van der Waals surface area (Å²) in [4.78, 5) is 12.3. The molecule has 0 aliphatic heterocycles. The summed E-state index contributed by atoms with van der Waals surface area (Å²) in [5.41, 5.74) is 7.15. The lowest BCUT2D eigenvalue weighted by Crippen LogP contribution is -2.40. The molecule has 1 aromatic rings. The first kappa shape index (κ1) is 14.8. The molecule has 3 N–H and O–H groups in total. The van der Waals surface area contributed by atoms with Crippen LogP contribution in [-0.4, -0.2) is 18.5 Å². The Labute approximate surface area is 109 Å². The molecule has 1 rings (SSSR count). The quantitative estimate of drug-likeness (QED) is 0.845. The van der Waals surface area contributed by atoms with Gasteiger partial charge in [-0.2, -0.15) is 0 Å². The van der Waals surface area contributed by atoms with Crippen LogP contribution >= 0.6 is 0 Å². The van der Waals surface area contributed by atoms with E-state index in [9.17, 15) is 4.79 Å². The minimum atomic E-state index is -0.0611. The van der Waals surface area contributed by atoms with Crippen LogP contribution in [0.4, 0.5) is 0 Å². The summed E-state index contributed by atoms with van der Waals surface area (Å²) in [6.07, 6.45) is 0.790. The number of nitrogens with two attached hydrogens (primary N) is 1. The molecule has 0 saturated heterocycles. The van der Waals surface area contributed by atoms with Gasteiger partial charge in [0.2, 0.25) is 0 Å². The zero-order valence-corrected chi connectivity index (χ0v) is 12.0. The molecule has 1 atom stereocenters. The fourth-order valence-corrected chi connectivity index (χ4v) is 2.12. The van der Waals surface area contributed by atoms with Gasteiger partial charge in [-0.3, -0.25) is 4.79 Å². The highest BCUT2D eigenvalue weighted by atomic mass is 16.3. The van der Waals surface area contributed by atoms with Crippen LogP contribution in [0.5, 0.6) is 0 Å². The zero-order valence-electron chi connectivity index (χ0n) is 12.0. The van der Waals surface area contributed by atoms with Crippen molar-refractivity contribution in [3.05, 3.63) is 22.6 Å². The van der Waals surface area contributed by atoms with Crippen molar-refractivity contribution >= 4 is 5.91 Å². The molecule has 102 valence electrons.